The normalized spacial score (nSPS) is 20.0. The molecule has 1 fully saturated rings. The Morgan fingerprint density at radius 3 is 2.32 bits per heavy atom. The standard InChI is InChI=1S/C20H21N3O2S2.ClH/c21-11-17-12-23(13-18(17)15-7-3-1-4-8-15)27(24,25)19-14-26-20(22-19)16-9-5-2-6-10-16;/h1-10,14,17-18H,11-13,21H2;1H/t17-,18+;/m1./s1. The van der Waals surface area contributed by atoms with Crippen molar-refractivity contribution in [2.45, 2.75) is 10.9 Å². The van der Waals surface area contributed by atoms with Gasteiger partial charge < -0.3 is 5.73 Å². The monoisotopic (exact) mass is 435 g/mol. The molecule has 0 unspecified atom stereocenters. The second kappa shape index (κ2) is 8.71. The Balaban J connectivity index is 0.00000225. The Hall–Kier alpha value is -1.77. The zero-order chi connectivity index (χ0) is 18.9. The predicted molar refractivity (Wildman–Crippen MR) is 115 cm³/mol. The Morgan fingerprint density at radius 2 is 1.68 bits per heavy atom. The molecule has 0 bridgehead atoms. The van der Waals surface area contributed by atoms with Gasteiger partial charge in [-0.05, 0) is 18.0 Å². The van der Waals surface area contributed by atoms with Crippen LogP contribution in [0.3, 0.4) is 0 Å². The largest absolute Gasteiger partial charge is 0.330 e. The minimum absolute atomic E-state index is 0. The van der Waals surface area contributed by atoms with Crippen molar-refractivity contribution in [3.63, 3.8) is 0 Å². The van der Waals surface area contributed by atoms with E-state index in [0.29, 0.717) is 24.6 Å². The van der Waals surface area contributed by atoms with Crippen LogP contribution < -0.4 is 5.73 Å². The van der Waals surface area contributed by atoms with Crippen molar-refractivity contribution < 1.29 is 8.42 Å². The first kappa shape index (κ1) is 21.0. The number of hydrogen-bond acceptors (Lipinski definition) is 5. The van der Waals surface area contributed by atoms with E-state index in [4.69, 9.17) is 5.73 Å². The average Bonchev–Trinajstić information content (AvgIpc) is 3.37. The summed E-state index contributed by atoms with van der Waals surface area (Å²) in [5.41, 5.74) is 8.01. The molecule has 1 aliphatic rings. The van der Waals surface area contributed by atoms with Crippen LogP contribution in [0.2, 0.25) is 0 Å². The topological polar surface area (TPSA) is 76.3 Å². The van der Waals surface area contributed by atoms with Crippen molar-refractivity contribution in [2.75, 3.05) is 19.6 Å². The number of sulfonamides is 1. The highest BCUT2D eigenvalue weighted by Gasteiger charge is 2.40. The summed E-state index contributed by atoms with van der Waals surface area (Å²) >= 11 is 1.35. The van der Waals surface area contributed by atoms with Crippen LogP contribution in [0, 0.1) is 5.92 Å². The van der Waals surface area contributed by atoms with E-state index in [9.17, 15) is 8.42 Å². The zero-order valence-corrected chi connectivity index (χ0v) is 17.6. The summed E-state index contributed by atoms with van der Waals surface area (Å²) in [5, 5.41) is 2.46. The Kier molecular flexibility index (Phi) is 6.52. The Bertz CT molecular complexity index is 1010. The molecule has 1 aliphatic heterocycles. The van der Waals surface area contributed by atoms with Gasteiger partial charge in [0.25, 0.3) is 10.0 Å². The van der Waals surface area contributed by atoms with Crippen LogP contribution in [0.25, 0.3) is 10.6 Å². The van der Waals surface area contributed by atoms with Crippen LogP contribution in [0.5, 0.6) is 0 Å². The molecule has 2 aromatic carbocycles. The molecule has 2 atom stereocenters. The molecule has 3 aromatic rings. The van der Waals surface area contributed by atoms with Crippen molar-refractivity contribution in [1.82, 2.24) is 9.29 Å². The summed E-state index contributed by atoms with van der Waals surface area (Å²) in [5.74, 6) is 0.215. The Morgan fingerprint density at radius 1 is 1.04 bits per heavy atom. The van der Waals surface area contributed by atoms with Gasteiger partial charge in [0.05, 0.1) is 0 Å². The molecule has 5 nitrogen and oxygen atoms in total. The van der Waals surface area contributed by atoms with Gasteiger partial charge in [-0.3, -0.25) is 0 Å². The van der Waals surface area contributed by atoms with Crippen molar-refractivity contribution in [1.29, 1.82) is 0 Å². The minimum atomic E-state index is -3.63. The third kappa shape index (κ3) is 3.99. The van der Waals surface area contributed by atoms with Crippen molar-refractivity contribution in [2.24, 2.45) is 11.7 Å². The van der Waals surface area contributed by atoms with Gasteiger partial charge in [-0.15, -0.1) is 23.7 Å². The summed E-state index contributed by atoms with van der Waals surface area (Å²) in [6, 6.07) is 19.6. The van der Waals surface area contributed by atoms with E-state index in [0.717, 1.165) is 11.1 Å². The van der Waals surface area contributed by atoms with Gasteiger partial charge in [-0.1, -0.05) is 60.7 Å². The zero-order valence-electron chi connectivity index (χ0n) is 15.1. The van der Waals surface area contributed by atoms with Crippen LogP contribution in [-0.2, 0) is 10.0 Å². The molecule has 0 spiro atoms. The number of nitrogens with two attached hydrogens (primary N) is 1. The van der Waals surface area contributed by atoms with Crippen molar-refractivity contribution in [3.8, 4) is 10.6 Å². The summed E-state index contributed by atoms with van der Waals surface area (Å²) < 4.78 is 27.8. The van der Waals surface area contributed by atoms with Gasteiger partial charge in [0.1, 0.15) is 5.01 Å². The second-order valence-corrected chi connectivity index (χ2v) is 9.43. The van der Waals surface area contributed by atoms with Crippen LogP contribution in [-0.4, -0.2) is 37.3 Å². The summed E-state index contributed by atoms with van der Waals surface area (Å²) in [6.07, 6.45) is 0. The van der Waals surface area contributed by atoms with Crippen LogP contribution in [0.15, 0.2) is 71.1 Å². The van der Waals surface area contributed by atoms with Gasteiger partial charge >= 0.3 is 0 Å². The number of aromatic nitrogens is 1. The van der Waals surface area contributed by atoms with Crippen LogP contribution >= 0.6 is 23.7 Å². The fraction of sp³-hybridized carbons (Fsp3) is 0.250. The Labute approximate surface area is 175 Å². The highest BCUT2D eigenvalue weighted by molar-refractivity contribution is 7.89. The van der Waals surface area contributed by atoms with E-state index in [1.165, 1.54) is 15.6 Å². The van der Waals surface area contributed by atoms with E-state index in [2.05, 4.69) is 4.98 Å². The predicted octanol–water partition coefficient (Wildman–Crippen LogP) is 3.59. The fourth-order valence-corrected chi connectivity index (χ4v) is 6.16. The lowest BCUT2D eigenvalue weighted by atomic mass is 9.89. The van der Waals surface area contributed by atoms with Crippen molar-refractivity contribution in [3.05, 3.63) is 71.6 Å². The quantitative estimate of drug-likeness (QED) is 0.664. The molecule has 1 aromatic heterocycles. The second-order valence-electron chi connectivity index (χ2n) is 6.69. The minimum Gasteiger partial charge on any atom is -0.330 e. The number of benzene rings is 2. The smallest absolute Gasteiger partial charge is 0.261 e. The number of halogens is 1. The maximum Gasteiger partial charge on any atom is 0.261 e. The molecule has 4 rings (SSSR count). The van der Waals surface area contributed by atoms with Crippen LogP contribution in [0.1, 0.15) is 11.5 Å². The fourth-order valence-electron chi connectivity index (χ4n) is 3.57. The third-order valence-corrected chi connectivity index (χ3v) is 7.80. The molecule has 8 heteroatoms. The molecular weight excluding hydrogens is 414 g/mol. The maximum absolute atomic E-state index is 13.1. The first-order chi connectivity index (χ1) is 13.1. The van der Waals surface area contributed by atoms with E-state index in [1.807, 2.05) is 60.7 Å². The molecule has 2 N–H and O–H groups in total. The molecule has 1 saturated heterocycles. The lowest BCUT2D eigenvalue weighted by molar-refractivity contribution is 0.457. The number of hydrogen-bond donors (Lipinski definition) is 1. The molecule has 0 radical (unpaired) electrons. The highest BCUT2D eigenvalue weighted by Crippen LogP contribution is 2.36. The molecule has 0 aliphatic carbocycles. The lowest BCUT2D eigenvalue weighted by Gasteiger charge is -2.16. The maximum atomic E-state index is 13.1. The summed E-state index contributed by atoms with van der Waals surface area (Å²) in [7, 11) is -3.63. The molecule has 0 saturated carbocycles. The summed E-state index contributed by atoms with van der Waals surface area (Å²) in [4.78, 5) is 4.40. The SMILES string of the molecule is Cl.NC[C@@H]1CN(S(=O)(=O)c2csc(-c3ccccc3)n2)C[C@H]1c1ccccc1. The third-order valence-electron chi connectivity index (χ3n) is 5.05. The molecule has 28 heavy (non-hydrogen) atoms. The van der Waals surface area contributed by atoms with Gasteiger partial charge in [-0.2, -0.15) is 4.31 Å². The molecule has 148 valence electrons. The first-order valence-electron chi connectivity index (χ1n) is 8.85. The number of thiazole rings is 1. The van der Waals surface area contributed by atoms with E-state index < -0.39 is 10.0 Å². The molecule has 0 amide bonds. The molecule has 2 heterocycles. The van der Waals surface area contributed by atoms with Gasteiger partial charge in [0.2, 0.25) is 0 Å². The van der Waals surface area contributed by atoms with Crippen molar-refractivity contribution >= 4 is 33.8 Å². The first-order valence-corrected chi connectivity index (χ1v) is 11.2. The lowest BCUT2D eigenvalue weighted by Crippen LogP contribution is -2.30. The summed E-state index contributed by atoms with van der Waals surface area (Å²) in [6.45, 7) is 1.32. The van der Waals surface area contributed by atoms with E-state index in [1.54, 1.807) is 5.38 Å². The van der Waals surface area contributed by atoms with Gasteiger partial charge in [-0.25, -0.2) is 13.4 Å². The van der Waals surface area contributed by atoms with E-state index in [-0.39, 0.29) is 29.3 Å². The van der Waals surface area contributed by atoms with Gasteiger partial charge in [0.15, 0.2) is 5.03 Å². The molecular formula is C20H22ClN3O2S2. The number of nitrogens with zero attached hydrogens (tertiary/aromatic N) is 2. The highest BCUT2D eigenvalue weighted by atomic mass is 35.5. The van der Waals surface area contributed by atoms with Gasteiger partial charge in [0, 0.05) is 30.0 Å². The average molecular weight is 436 g/mol. The number of rotatable bonds is 5. The van der Waals surface area contributed by atoms with Crippen LogP contribution in [0.4, 0.5) is 0 Å². The van der Waals surface area contributed by atoms with E-state index >= 15 is 0 Å².